The van der Waals surface area contributed by atoms with E-state index in [1.165, 1.54) is 24.8 Å². The van der Waals surface area contributed by atoms with Crippen molar-refractivity contribution in [1.82, 2.24) is 5.32 Å². The van der Waals surface area contributed by atoms with E-state index in [0.29, 0.717) is 23.7 Å². The predicted molar refractivity (Wildman–Crippen MR) is 108 cm³/mol. The Morgan fingerprint density at radius 1 is 1.00 bits per heavy atom. The molecule has 0 aromatic heterocycles. The second-order valence-electron chi connectivity index (χ2n) is 7.08. The van der Waals surface area contributed by atoms with Crippen molar-refractivity contribution in [3.05, 3.63) is 54.1 Å². The van der Waals surface area contributed by atoms with Crippen LogP contribution in [-0.4, -0.2) is 26.8 Å². The summed E-state index contributed by atoms with van der Waals surface area (Å²) in [5.41, 5.74) is 1.91. The lowest BCUT2D eigenvalue weighted by atomic mass is 9.69. The van der Waals surface area contributed by atoms with Crippen LogP contribution < -0.4 is 20.1 Å². The van der Waals surface area contributed by atoms with Crippen molar-refractivity contribution < 1.29 is 14.3 Å². The van der Waals surface area contributed by atoms with Crippen LogP contribution >= 0.6 is 0 Å². The monoisotopic (exact) mass is 368 g/mol. The number of nitrogens with one attached hydrogen (secondary N) is 2. The lowest BCUT2D eigenvalue weighted by molar-refractivity contribution is 0.240. The molecule has 1 saturated carbocycles. The van der Waals surface area contributed by atoms with E-state index in [-0.39, 0.29) is 11.4 Å². The first-order valence-corrected chi connectivity index (χ1v) is 9.49. The van der Waals surface area contributed by atoms with Crippen molar-refractivity contribution in [3.8, 4) is 11.5 Å². The number of hydrogen-bond acceptors (Lipinski definition) is 3. The lowest BCUT2D eigenvalue weighted by Crippen LogP contribution is -2.43. The summed E-state index contributed by atoms with van der Waals surface area (Å²) in [6.07, 6.45) is 5.85. The molecule has 0 atom stereocenters. The van der Waals surface area contributed by atoms with E-state index in [2.05, 4.69) is 34.9 Å². The van der Waals surface area contributed by atoms with Crippen molar-refractivity contribution in [2.45, 2.75) is 37.5 Å². The van der Waals surface area contributed by atoms with Gasteiger partial charge in [-0.25, -0.2) is 4.79 Å². The highest BCUT2D eigenvalue weighted by molar-refractivity contribution is 5.91. The molecule has 1 aliphatic rings. The van der Waals surface area contributed by atoms with Crippen LogP contribution in [0, 0.1) is 0 Å². The Kier molecular flexibility index (Phi) is 6.22. The maximum Gasteiger partial charge on any atom is 0.319 e. The number of anilines is 1. The fraction of sp³-hybridized carbons (Fsp3) is 0.409. The molecule has 2 amide bonds. The van der Waals surface area contributed by atoms with Gasteiger partial charge in [-0.2, -0.15) is 0 Å². The number of carbonyl (C=O) groups is 1. The van der Waals surface area contributed by atoms with Crippen molar-refractivity contribution in [2.24, 2.45) is 0 Å². The zero-order valence-corrected chi connectivity index (χ0v) is 16.1. The second kappa shape index (κ2) is 8.80. The fourth-order valence-corrected chi connectivity index (χ4v) is 3.92. The smallest absolute Gasteiger partial charge is 0.319 e. The Hall–Kier alpha value is -2.69. The zero-order chi connectivity index (χ0) is 19.1. The molecule has 2 aromatic carbocycles. The number of rotatable bonds is 6. The zero-order valence-electron chi connectivity index (χ0n) is 16.1. The van der Waals surface area contributed by atoms with E-state index in [1.807, 2.05) is 6.07 Å². The van der Waals surface area contributed by atoms with Crippen molar-refractivity contribution in [2.75, 3.05) is 26.1 Å². The molecule has 0 bridgehead atoms. The minimum absolute atomic E-state index is 0.00924. The molecule has 2 aromatic rings. The summed E-state index contributed by atoms with van der Waals surface area (Å²) in [5, 5.41) is 5.97. The van der Waals surface area contributed by atoms with Gasteiger partial charge in [0.05, 0.1) is 19.9 Å². The Morgan fingerprint density at radius 3 is 2.41 bits per heavy atom. The maximum atomic E-state index is 12.6. The quantitative estimate of drug-likeness (QED) is 0.775. The molecule has 3 rings (SSSR count). The highest BCUT2D eigenvalue weighted by Crippen LogP contribution is 2.39. The van der Waals surface area contributed by atoms with Crippen LogP contribution in [0.25, 0.3) is 0 Å². The largest absolute Gasteiger partial charge is 0.497 e. The number of hydrogen-bond donors (Lipinski definition) is 2. The highest BCUT2D eigenvalue weighted by Gasteiger charge is 2.34. The summed E-state index contributed by atoms with van der Waals surface area (Å²) in [6, 6.07) is 15.6. The van der Waals surface area contributed by atoms with Crippen LogP contribution in [0.2, 0.25) is 0 Å². The van der Waals surface area contributed by atoms with Crippen LogP contribution in [0.3, 0.4) is 0 Å². The minimum atomic E-state index is -0.234. The molecule has 1 fully saturated rings. The molecule has 5 heteroatoms. The van der Waals surface area contributed by atoms with Gasteiger partial charge < -0.3 is 20.1 Å². The number of urea groups is 1. The summed E-state index contributed by atoms with van der Waals surface area (Å²) >= 11 is 0. The van der Waals surface area contributed by atoms with Crippen LogP contribution in [0.1, 0.15) is 37.7 Å². The molecule has 2 N–H and O–H groups in total. The Balaban J connectivity index is 1.70. The van der Waals surface area contributed by atoms with Crippen molar-refractivity contribution in [3.63, 3.8) is 0 Å². The van der Waals surface area contributed by atoms with Crippen LogP contribution in [0.4, 0.5) is 10.5 Å². The van der Waals surface area contributed by atoms with Crippen LogP contribution in [0.5, 0.6) is 11.5 Å². The van der Waals surface area contributed by atoms with E-state index in [9.17, 15) is 4.79 Å². The van der Waals surface area contributed by atoms with E-state index in [1.54, 1.807) is 32.4 Å². The summed E-state index contributed by atoms with van der Waals surface area (Å²) in [7, 11) is 3.18. The second-order valence-corrected chi connectivity index (χ2v) is 7.08. The molecule has 0 saturated heterocycles. The van der Waals surface area contributed by atoms with Gasteiger partial charge in [0.1, 0.15) is 11.5 Å². The molecule has 27 heavy (non-hydrogen) atoms. The predicted octanol–water partition coefficient (Wildman–Crippen LogP) is 4.73. The molecule has 0 spiro atoms. The third kappa shape index (κ3) is 4.54. The van der Waals surface area contributed by atoms with Gasteiger partial charge in [0, 0.05) is 18.0 Å². The van der Waals surface area contributed by atoms with Gasteiger partial charge in [-0.15, -0.1) is 0 Å². The molecule has 0 heterocycles. The van der Waals surface area contributed by atoms with Gasteiger partial charge in [-0.05, 0) is 30.5 Å². The molecule has 1 aliphatic carbocycles. The molecular formula is C22H28N2O3. The van der Waals surface area contributed by atoms with Crippen LogP contribution in [-0.2, 0) is 5.41 Å². The van der Waals surface area contributed by atoms with E-state index < -0.39 is 0 Å². The van der Waals surface area contributed by atoms with Gasteiger partial charge in [0.2, 0.25) is 0 Å². The Labute approximate surface area is 161 Å². The van der Waals surface area contributed by atoms with E-state index in [0.717, 1.165) is 12.8 Å². The third-order valence-corrected chi connectivity index (χ3v) is 5.44. The summed E-state index contributed by atoms with van der Waals surface area (Å²) in [5.74, 6) is 1.26. The summed E-state index contributed by atoms with van der Waals surface area (Å²) in [4.78, 5) is 12.6. The summed E-state index contributed by atoms with van der Waals surface area (Å²) < 4.78 is 10.6. The molecule has 144 valence electrons. The number of ether oxygens (including phenoxy) is 2. The molecular weight excluding hydrogens is 340 g/mol. The number of methoxy groups -OCH3 is 2. The van der Waals surface area contributed by atoms with Gasteiger partial charge in [-0.3, -0.25) is 0 Å². The van der Waals surface area contributed by atoms with Crippen LogP contribution in [0.15, 0.2) is 48.5 Å². The number of benzene rings is 2. The van der Waals surface area contributed by atoms with E-state index >= 15 is 0 Å². The first-order valence-electron chi connectivity index (χ1n) is 9.49. The van der Waals surface area contributed by atoms with Crippen molar-refractivity contribution >= 4 is 11.7 Å². The molecule has 5 nitrogen and oxygen atoms in total. The Bertz CT molecular complexity index is 755. The SMILES string of the molecule is COc1ccc(OC)c(NC(=O)NCC2(c3ccccc3)CCCCC2)c1. The van der Waals surface area contributed by atoms with E-state index in [4.69, 9.17) is 9.47 Å². The molecule has 0 radical (unpaired) electrons. The Morgan fingerprint density at radius 2 is 1.74 bits per heavy atom. The normalized spacial score (nSPS) is 15.6. The average molecular weight is 368 g/mol. The first-order chi connectivity index (χ1) is 13.2. The lowest BCUT2D eigenvalue weighted by Gasteiger charge is -2.38. The summed E-state index contributed by atoms with van der Waals surface area (Å²) in [6.45, 7) is 0.620. The average Bonchev–Trinajstić information content (AvgIpc) is 2.73. The van der Waals surface area contributed by atoms with Gasteiger partial charge in [0.15, 0.2) is 0 Å². The fourth-order valence-electron chi connectivity index (χ4n) is 3.92. The maximum absolute atomic E-state index is 12.6. The number of amides is 2. The van der Waals surface area contributed by atoms with Gasteiger partial charge in [0.25, 0.3) is 0 Å². The third-order valence-electron chi connectivity index (χ3n) is 5.44. The molecule has 0 unspecified atom stereocenters. The topological polar surface area (TPSA) is 59.6 Å². The van der Waals surface area contributed by atoms with Crippen molar-refractivity contribution in [1.29, 1.82) is 0 Å². The minimum Gasteiger partial charge on any atom is -0.497 e. The van der Waals surface area contributed by atoms with Gasteiger partial charge in [-0.1, -0.05) is 49.6 Å². The highest BCUT2D eigenvalue weighted by atomic mass is 16.5. The standard InChI is InChI=1S/C22H28N2O3/c1-26-18-11-12-20(27-2)19(15-18)24-21(25)23-16-22(13-7-4-8-14-22)17-9-5-3-6-10-17/h3,5-6,9-12,15H,4,7-8,13-14,16H2,1-2H3,(H2,23,24,25). The first kappa shape index (κ1) is 19.1. The van der Waals surface area contributed by atoms with Gasteiger partial charge >= 0.3 is 6.03 Å². The molecule has 0 aliphatic heterocycles. The number of carbonyl (C=O) groups excluding carboxylic acids is 1.